The van der Waals surface area contributed by atoms with Gasteiger partial charge in [-0.1, -0.05) is 29.4 Å². The number of hydrogen-bond donors (Lipinski definition) is 1. The number of hydrogen-bond acceptors (Lipinski definition) is 4. The average molecular weight is 288 g/mol. The van der Waals surface area contributed by atoms with E-state index < -0.39 is 11.6 Å². The van der Waals surface area contributed by atoms with Crippen molar-refractivity contribution in [3.8, 4) is 0 Å². The molecule has 2 N–H and O–H groups in total. The molecule has 0 aliphatic heterocycles. The quantitative estimate of drug-likeness (QED) is 0.535. The van der Waals surface area contributed by atoms with Crippen molar-refractivity contribution in [3.05, 3.63) is 46.6 Å². The van der Waals surface area contributed by atoms with Crippen molar-refractivity contribution in [2.75, 3.05) is 5.73 Å². The first-order valence-electron chi connectivity index (χ1n) is 4.91. The van der Waals surface area contributed by atoms with Crippen molar-refractivity contribution >= 4 is 29.2 Å². The Kier molecular flexibility index (Phi) is 3.98. The number of anilines is 1. The van der Waals surface area contributed by atoms with Crippen molar-refractivity contribution in [1.29, 1.82) is 0 Å². The van der Waals surface area contributed by atoms with Crippen LogP contribution in [0, 0.1) is 11.6 Å². The summed E-state index contributed by atoms with van der Waals surface area (Å²) < 4.78 is 25.7. The van der Waals surface area contributed by atoms with Gasteiger partial charge in [-0.05, 0) is 17.7 Å². The van der Waals surface area contributed by atoms with Gasteiger partial charge in [0.05, 0.1) is 0 Å². The van der Waals surface area contributed by atoms with Crippen LogP contribution in [0.3, 0.4) is 0 Å². The number of nitrogens with zero attached hydrogens (tertiary/aromatic N) is 2. The third-order valence-electron chi connectivity index (χ3n) is 2.05. The van der Waals surface area contributed by atoms with Gasteiger partial charge in [-0.2, -0.15) is 0 Å². The summed E-state index contributed by atoms with van der Waals surface area (Å²) in [5.74, 6) is -1.08. The van der Waals surface area contributed by atoms with Crippen LogP contribution in [0.1, 0.15) is 5.56 Å². The number of benzene rings is 1. The summed E-state index contributed by atoms with van der Waals surface area (Å²) in [4.78, 5) is 7.92. The molecule has 0 amide bonds. The Morgan fingerprint density at radius 2 is 1.94 bits per heavy atom. The molecule has 1 aromatic heterocycles. The lowest BCUT2D eigenvalue weighted by molar-refractivity contribution is 0.507. The number of aromatic nitrogens is 2. The number of halogens is 3. The second-order valence-corrected chi connectivity index (χ2v) is 4.76. The van der Waals surface area contributed by atoms with Crippen molar-refractivity contribution in [2.45, 2.75) is 10.9 Å². The van der Waals surface area contributed by atoms with Gasteiger partial charge in [0.25, 0.3) is 0 Å². The molecule has 18 heavy (non-hydrogen) atoms. The second kappa shape index (κ2) is 5.49. The van der Waals surface area contributed by atoms with E-state index in [4.69, 9.17) is 17.3 Å². The van der Waals surface area contributed by atoms with E-state index in [2.05, 4.69) is 9.97 Å². The van der Waals surface area contributed by atoms with E-state index in [0.717, 1.165) is 12.1 Å². The van der Waals surface area contributed by atoms with Gasteiger partial charge in [0.15, 0.2) is 16.8 Å². The van der Waals surface area contributed by atoms with E-state index in [-0.39, 0.29) is 11.0 Å². The number of nitrogen functional groups attached to an aromatic ring is 1. The lowest BCUT2D eigenvalue weighted by Crippen LogP contribution is -1.95. The minimum Gasteiger partial charge on any atom is -0.384 e. The van der Waals surface area contributed by atoms with Gasteiger partial charge in [-0.15, -0.1) is 0 Å². The average Bonchev–Trinajstić information content (AvgIpc) is 2.29. The molecule has 2 aromatic rings. The molecule has 0 bridgehead atoms. The van der Waals surface area contributed by atoms with Gasteiger partial charge in [0.1, 0.15) is 11.0 Å². The monoisotopic (exact) mass is 287 g/mol. The largest absolute Gasteiger partial charge is 0.384 e. The predicted molar refractivity (Wildman–Crippen MR) is 67.4 cm³/mol. The zero-order valence-corrected chi connectivity index (χ0v) is 10.6. The standard InChI is InChI=1S/C11H8ClF2N3S/c12-9-4-10(15)17-11(16-9)18-5-6-1-2-7(13)8(14)3-6/h1-4H,5H2,(H2,15,16,17). The van der Waals surface area contributed by atoms with Crippen LogP contribution in [-0.2, 0) is 5.75 Å². The third-order valence-corrected chi connectivity index (χ3v) is 3.16. The molecule has 0 aliphatic carbocycles. The van der Waals surface area contributed by atoms with Crippen LogP contribution in [-0.4, -0.2) is 9.97 Å². The molecule has 0 fully saturated rings. The Bertz CT molecular complexity index is 560. The zero-order chi connectivity index (χ0) is 13.1. The van der Waals surface area contributed by atoms with Crippen LogP contribution < -0.4 is 5.73 Å². The van der Waals surface area contributed by atoms with Gasteiger partial charge in [-0.3, -0.25) is 0 Å². The molecule has 94 valence electrons. The van der Waals surface area contributed by atoms with Crippen LogP contribution in [0.5, 0.6) is 0 Å². The molecule has 3 nitrogen and oxygen atoms in total. The molecule has 1 heterocycles. The molecule has 7 heteroatoms. The fraction of sp³-hybridized carbons (Fsp3) is 0.0909. The highest BCUT2D eigenvalue weighted by Crippen LogP contribution is 2.22. The van der Waals surface area contributed by atoms with Crippen LogP contribution in [0.15, 0.2) is 29.4 Å². The van der Waals surface area contributed by atoms with Crippen LogP contribution in [0.4, 0.5) is 14.6 Å². The van der Waals surface area contributed by atoms with Gasteiger partial charge in [-0.25, -0.2) is 18.7 Å². The Labute approximate surface area is 111 Å². The zero-order valence-electron chi connectivity index (χ0n) is 9.03. The summed E-state index contributed by atoms with van der Waals surface area (Å²) in [6.07, 6.45) is 0. The first-order chi connectivity index (χ1) is 8.54. The van der Waals surface area contributed by atoms with Crippen molar-refractivity contribution in [2.24, 2.45) is 0 Å². The van der Waals surface area contributed by atoms with Crippen LogP contribution in [0.25, 0.3) is 0 Å². The second-order valence-electron chi connectivity index (χ2n) is 3.44. The summed E-state index contributed by atoms with van der Waals surface area (Å²) in [5, 5.41) is 0.639. The fourth-order valence-electron chi connectivity index (χ4n) is 1.26. The first kappa shape index (κ1) is 13.0. The Balaban J connectivity index is 2.08. The summed E-state index contributed by atoms with van der Waals surface area (Å²) >= 11 is 6.96. The Morgan fingerprint density at radius 1 is 1.17 bits per heavy atom. The molecular formula is C11H8ClF2N3S. The Hall–Kier alpha value is -1.40. The summed E-state index contributed by atoms with van der Waals surface area (Å²) in [6, 6.07) is 5.15. The summed E-state index contributed by atoms with van der Waals surface area (Å²) in [5.41, 5.74) is 6.14. The Morgan fingerprint density at radius 3 is 2.61 bits per heavy atom. The molecular weight excluding hydrogens is 280 g/mol. The van der Waals surface area contributed by atoms with Crippen LogP contribution in [0.2, 0.25) is 5.15 Å². The molecule has 0 saturated carbocycles. The highest BCUT2D eigenvalue weighted by atomic mass is 35.5. The molecule has 0 unspecified atom stereocenters. The van der Waals surface area contributed by atoms with E-state index in [1.165, 1.54) is 23.9 Å². The molecule has 0 radical (unpaired) electrons. The molecule has 0 saturated heterocycles. The molecule has 0 aliphatic rings. The summed E-state index contributed by atoms with van der Waals surface area (Å²) in [6.45, 7) is 0. The maximum absolute atomic E-state index is 13.0. The van der Waals surface area contributed by atoms with Gasteiger partial charge < -0.3 is 5.73 Å². The molecule has 0 atom stereocenters. The topological polar surface area (TPSA) is 51.8 Å². The number of thioether (sulfide) groups is 1. The van der Waals surface area contributed by atoms with Crippen molar-refractivity contribution in [3.63, 3.8) is 0 Å². The number of nitrogens with two attached hydrogens (primary N) is 1. The third kappa shape index (κ3) is 3.30. The predicted octanol–water partition coefficient (Wildman–Crippen LogP) is 3.28. The van der Waals surface area contributed by atoms with E-state index in [1.807, 2.05) is 0 Å². The van der Waals surface area contributed by atoms with Crippen molar-refractivity contribution in [1.82, 2.24) is 9.97 Å². The van der Waals surface area contributed by atoms with Crippen LogP contribution >= 0.6 is 23.4 Å². The number of rotatable bonds is 3. The maximum atomic E-state index is 13.0. The van der Waals surface area contributed by atoms with E-state index in [1.54, 1.807) is 0 Å². The van der Waals surface area contributed by atoms with Gasteiger partial charge >= 0.3 is 0 Å². The minimum absolute atomic E-state index is 0.246. The molecule has 2 rings (SSSR count). The lowest BCUT2D eigenvalue weighted by Gasteiger charge is -2.03. The molecule has 0 spiro atoms. The van der Waals surface area contributed by atoms with Gasteiger partial charge in [0.2, 0.25) is 0 Å². The van der Waals surface area contributed by atoms with E-state index >= 15 is 0 Å². The highest BCUT2D eigenvalue weighted by molar-refractivity contribution is 7.98. The normalized spacial score (nSPS) is 10.6. The first-order valence-corrected chi connectivity index (χ1v) is 6.28. The minimum atomic E-state index is -0.875. The van der Waals surface area contributed by atoms with Crippen molar-refractivity contribution < 1.29 is 8.78 Å². The SMILES string of the molecule is Nc1cc(Cl)nc(SCc2ccc(F)c(F)c2)n1. The summed E-state index contributed by atoms with van der Waals surface area (Å²) in [7, 11) is 0. The fourth-order valence-corrected chi connectivity index (χ4v) is 2.31. The maximum Gasteiger partial charge on any atom is 0.191 e. The van der Waals surface area contributed by atoms with Gasteiger partial charge in [0, 0.05) is 11.8 Å². The van der Waals surface area contributed by atoms with E-state index in [0.29, 0.717) is 16.5 Å². The lowest BCUT2D eigenvalue weighted by atomic mass is 10.2. The van der Waals surface area contributed by atoms with E-state index in [9.17, 15) is 8.78 Å². The smallest absolute Gasteiger partial charge is 0.191 e. The molecule has 1 aromatic carbocycles. The highest BCUT2D eigenvalue weighted by Gasteiger charge is 2.05.